The Bertz CT molecular complexity index is 315. The predicted molar refractivity (Wildman–Crippen MR) is 57.7 cm³/mol. The number of nitrogens with two attached hydrogens (primary N) is 1. The van der Waals surface area contributed by atoms with E-state index in [0.29, 0.717) is 6.42 Å². The normalized spacial score (nSPS) is 11.6. The fourth-order valence-corrected chi connectivity index (χ4v) is 1.18. The number of carbonyl (C=O) groups is 1. The van der Waals surface area contributed by atoms with E-state index in [-0.39, 0.29) is 12.4 Å². The molecule has 78 valence electrons. The molecular formula is C10H14ClNO2. The van der Waals surface area contributed by atoms with Crippen LogP contribution in [-0.2, 0) is 11.2 Å². The molecule has 3 nitrogen and oxygen atoms in total. The highest BCUT2D eigenvalue weighted by atomic mass is 35.5. The molecule has 0 radical (unpaired) electrons. The lowest BCUT2D eigenvalue weighted by Gasteiger charge is -2.06. The number of halogens is 1. The molecule has 0 fully saturated rings. The molecule has 0 amide bonds. The van der Waals surface area contributed by atoms with Crippen molar-refractivity contribution in [2.45, 2.75) is 19.4 Å². The summed E-state index contributed by atoms with van der Waals surface area (Å²) in [6.45, 7) is 1.97. The van der Waals surface area contributed by atoms with Gasteiger partial charge in [0.15, 0.2) is 0 Å². The SMILES string of the molecule is Cc1cccc(C[C@@H](N)C(=O)O)c1.Cl. The van der Waals surface area contributed by atoms with E-state index < -0.39 is 12.0 Å². The molecular weight excluding hydrogens is 202 g/mol. The summed E-state index contributed by atoms with van der Waals surface area (Å²) in [7, 11) is 0. The minimum Gasteiger partial charge on any atom is -0.480 e. The molecule has 0 heterocycles. The van der Waals surface area contributed by atoms with Gasteiger partial charge in [-0.2, -0.15) is 0 Å². The molecule has 14 heavy (non-hydrogen) atoms. The highest BCUT2D eigenvalue weighted by Gasteiger charge is 2.11. The second-order valence-electron chi connectivity index (χ2n) is 3.14. The molecule has 0 saturated carbocycles. The number of benzene rings is 1. The van der Waals surface area contributed by atoms with Gasteiger partial charge in [-0.1, -0.05) is 29.8 Å². The molecule has 0 aliphatic rings. The van der Waals surface area contributed by atoms with E-state index in [4.69, 9.17) is 10.8 Å². The van der Waals surface area contributed by atoms with E-state index in [9.17, 15) is 4.79 Å². The van der Waals surface area contributed by atoms with E-state index in [1.165, 1.54) is 0 Å². The van der Waals surface area contributed by atoms with Crippen LogP contribution in [0.3, 0.4) is 0 Å². The highest BCUT2D eigenvalue weighted by molar-refractivity contribution is 5.85. The van der Waals surface area contributed by atoms with Gasteiger partial charge >= 0.3 is 5.97 Å². The monoisotopic (exact) mass is 215 g/mol. The van der Waals surface area contributed by atoms with Gasteiger partial charge in [-0.3, -0.25) is 4.79 Å². The van der Waals surface area contributed by atoms with Crippen LogP contribution in [0, 0.1) is 6.92 Å². The summed E-state index contributed by atoms with van der Waals surface area (Å²) in [6.07, 6.45) is 0.386. The Morgan fingerprint density at radius 2 is 2.21 bits per heavy atom. The van der Waals surface area contributed by atoms with Crippen molar-refractivity contribution >= 4 is 18.4 Å². The second kappa shape index (κ2) is 5.62. The van der Waals surface area contributed by atoms with Crippen LogP contribution in [0.4, 0.5) is 0 Å². The van der Waals surface area contributed by atoms with Crippen molar-refractivity contribution in [2.24, 2.45) is 5.73 Å². The van der Waals surface area contributed by atoms with E-state index in [0.717, 1.165) is 11.1 Å². The maximum absolute atomic E-state index is 10.5. The van der Waals surface area contributed by atoms with Crippen molar-refractivity contribution < 1.29 is 9.90 Å². The van der Waals surface area contributed by atoms with Crippen molar-refractivity contribution in [3.8, 4) is 0 Å². The largest absolute Gasteiger partial charge is 0.480 e. The average Bonchev–Trinajstić information content (AvgIpc) is 2.04. The fraction of sp³-hybridized carbons (Fsp3) is 0.300. The van der Waals surface area contributed by atoms with Crippen LogP contribution >= 0.6 is 12.4 Å². The summed E-state index contributed by atoms with van der Waals surface area (Å²) in [6, 6.07) is 6.90. The highest BCUT2D eigenvalue weighted by Crippen LogP contribution is 2.05. The summed E-state index contributed by atoms with van der Waals surface area (Å²) < 4.78 is 0. The van der Waals surface area contributed by atoms with Gasteiger partial charge in [0.1, 0.15) is 6.04 Å². The third kappa shape index (κ3) is 3.77. The molecule has 0 aromatic heterocycles. The zero-order valence-electron chi connectivity index (χ0n) is 7.93. The summed E-state index contributed by atoms with van der Waals surface area (Å²) >= 11 is 0. The van der Waals surface area contributed by atoms with E-state index in [1.54, 1.807) is 0 Å². The summed E-state index contributed by atoms with van der Waals surface area (Å²) in [4.78, 5) is 10.5. The van der Waals surface area contributed by atoms with Gasteiger partial charge in [0.05, 0.1) is 0 Å². The van der Waals surface area contributed by atoms with Gasteiger partial charge in [-0.25, -0.2) is 0 Å². The van der Waals surface area contributed by atoms with Gasteiger partial charge in [0.25, 0.3) is 0 Å². The summed E-state index contributed by atoms with van der Waals surface area (Å²) in [5.41, 5.74) is 7.49. The third-order valence-electron chi connectivity index (χ3n) is 1.86. The Hall–Kier alpha value is -1.06. The minimum atomic E-state index is -0.957. The first-order valence-electron chi connectivity index (χ1n) is 4.13. The Kier molecular flexibility index (Phi) is 5.20. The quantitative estimate of drug-likeness (QED) is 0.801. The first kappa shape index (κ1) is 12.9. The molecule has 1 aromatic rings. The van der Waals surface area contributed by atoms with Crippen molar-refractivity contribution in [2.75, 3.05) is 0 Å². The predicted octanol–water partition coefficient (Wildman–Crippen LogP) is 1.37. The number of hydrogen-bond donors (Lipinski definition) is 2. The van der Waals surface area contributed by atoms with Gasteiger partial charge in [0, 0.05) is 0 Å². The molecule has 0 aliphatic carbocycles. The molecule has 1 aromatic carbocycles. The van der Waals surface area contributed by atoms with Gasteiger partial charge < -0.3 is 10.8 Å². The lowest BCUT2D eigenvalue weighted by molar-refractivity contribution is -0.138. The average molecular weight is 216 g/mol. The van der Waals surface area contributed by atoms with Crippen LogP contribution in [-0.4, -0.2) is 17.1 Å². The lowest BCUT2D eigenvalue weighted by Crippen LogP contribution is -2.32. The summed E-state index contributed by atoms with van der Waals surface area (Å²) in [5.74, 6) is -0.957. The molecule has 0 aliphatic heterocycles. The number of aliphatic carboxylic acids is 1. The molecule has 4 heteroatoms. The van der Waals surface area contributed by atoms with E-state index in [2.05, 4.69) is 0 Å². The minimum absolute atomic E-state index is 0. The zero-order valence-corrected chi connectivity index (χ0v) is 8.75. The smallest absolute Gasteiger partial charge is 0.320 e. The topological polar surface area (TPSA) is 63.3 Å². The first-order valence-corrected chi connectivity index (χ1v) is 4.13. The molecule has 0 bridgehead atoms. The van der Waals surface area contributed by atoms with Crippen molar-refractivity contribution in [1.29, 1.82) is 0 Å². The third-order valence-corrected chi connectivity index (χ3v) is 1.86. The second-order valence-corrected chi connectivity index (χ2v) is 3.14. The Morgan fingerprint density at radius 1 is 1.57 bits per heavy atom. The molecule has 0 spiro atoms. The zero-order chi connectivity index (χ0) is 9.84. The van der Waals surface area contributed by atoms with Crippen LogP contribution in [0.25, 0.3) is 0 Å². The Balaban J connectivity index is 0.00000169. The Labute approximate surface area is 89.3 Å². The van der Waals surface area contributed by atoms with Crippen LogP contribution in [0.2, 0.25) is 0 Å². The van der Waals surface area contributed by atoms with Crippen molar-refractivity contribution in [3.63, 3.8) is 0 Å². The lowest BCUT2D eigenvalue weighted by atomic mass is 10.0. The van der Waals surface area contributed by atoms with Crippen LogP contribution < -0.4 is 5.73 Å². The van der Waals surface area contributed by atoms with E-state index >= 15 is 0 Å². The molecule has 0 unspecified atom stereocenters. The summed E-state index contributed by atoms with van der Waals surface area (Å²) in [5, 5.41) is 8.59. The fourth-order valence-electron chi connectivity index (χ4n) is 1.18. The van der Waals surface area contributed by atoms with Crippen molar-refractivity contribution in [1.82, 2.24) is 0 Å². The maximum atomic E-state index is 10.5. The van der Waals surface area contributed by atoms with Crippen molar-refractivity contribution in [3.05, 3.63) is 35.4 Å². The first-order chi connectivity index (χ1) is 6.09. The van der Waals surface area contributed by atoms with Gasteiger partial charge in [0.2, 0.25) is 0 Å². The molecule has 1 rings (SSSR count). The number of rotatable bonds is 3. The number of hydrogen-bond acceptors (Lipinski definition) is 2. The molecule has 1 atom stereocenters. The molecule has 0 saturated heterocycles. The van der Waals surface area contributed by atoms with Crippen LogP contribution in [0.15, 0.2) is 24.3 Å². The maximum Gasteiger partial charge on any atom is 0.320 e. The van der Waals surface area contributed by atoms with Crippen LogP contribution in [0.5, 0.6) is 0 Å². The number of aryl methyl sites for hydroxylation is 1. The standard InChI is InChI=1S/C10H13NO2.ClH/c1-7-3-2-4-8(5-7)6-9(11)10(12)13;/h2-5,9H,6,11H2,1H3,(H,12,13);1H/t9-;/m1./s1. The van der Waals surface area contributed by atoms with Crippen LogP contribution in [0.1, 0.15) is 11.1 Å². The van der Waals surface area contributed by atoms with E-state index in [1.807, 2.05) is 31.2 Å². The molecule has 3 N–H and O–H groups in total. The Morgan fingerprint density at radius 3 is 2.71 bits per heavy atom. The van der Waals surface area contributed by atoms with Gasteiger partial charge in [-0.15, -0.1) is 12.4 Å². The van der Waals surface area contributed by atoms with Gasteiger partial charge in [-0.05, 0) is 18.9 Å². The number of carboxylic acids is 1. The number of carboxylic acid groups (broad SMARTS) is 1.